The molecular weight excluding hydrogens is 385 g/mol. The smallest absolute Gasteiger partial charge is 0.325 e. The second kappa shape index (κ2) is 6.92. The summed E-state index contributed by atoms with van der Waals surface area (Å²) >= 11 is 0. The maximum Gasteiger partial charge on any atom is 0.325 e. The van der Waals surface area contributed by atoms with E-state index in [1.54, 1.807) is 0 Å². The number of nitrogen functional groups attached to an aromatic ring is 2. The fourth-order valence-electron chi connectivity index (χ4n) is 3.82. The first kappa shape index (κ1) is 19.5. The van der Waals surface area contributed by atoms with Crippen LogP contribution in [-0.2, 0) is 11.0 Å². The van der Waals surface area contributed by atoms with Crippen molar-refractivity contribution < 1.29 is 14.4 Å². The Morgan fingerprint density at radius 2 is 1.31 bits per heavy atom. The van der Waals surface area contributed by atoms with E-state index in [0.29, 0.717) is 6.42 Å². The van der Waals surface area contributed by atoms with Crippen molar-refractivity contribution in [1.82, 2.24) is 4.57 Å². The van der Waals surface area contributed by atoms with E-state index in [4.69, 9.17) is 21.3 Å². The Morgan fingerprint density at radius 1 is 0.828 bits per heavy atom. The average Bonchev–Trinajstić information content (AvgIpc) is 3.01. The van der Waals surface area contributed by atoms with Crippen LogP contribution in [0.2, 0.25) is 0 Å². The molecule has 3 aromatic carbocycles. The molecule has 1 heterocycles. The summed E-state index contributed by atoms with van der Waals surface area (Å²) in [6.45, 7) is 3.97. The number of hydrogen-bond donors (Lipinski definition) is 4. The van der Waals surface area contributed by atoms with Gasteiger partial charge in [0.15, 0.2) is 0 Å². The molecule has 1 aromatic heterocycles. The molecule has 0 atom stereocenters. The first-order valence-corrected chi connectivity index (χ1v) is 11.2. The molecule has 0 fully saturated rings. The zero-order valence-corrected chi connectivity index (χ0v) is 17.3. The first-order chi connectivity index (χ1) is 13.7. The Kier molecular flexibility index (Phi) is 4.66. The van der Waals surface area contributed by atoms with Crippen LogP contribution in [0.5, 0.6) is 0 Å². The molecule has 150 valence electrons. The van der Waals surface area contributed by atoms with E-state index in [-0.39, 0.29) is 6.16 Å². The number of rotatable bonds is 4. The number of hydrogen-bond acceptors (Lipinski definition) is 3. The molecule has 0 aliphatic rings. The summed E-state index contributed by atoms with van der Waals surface area (Å²) in [4.78, 5) is 18.2. The highest BCUT2D eigenvalue weighted by molar-refractivity contribution is 7.51. The first-order valence-electron chi connectivity index (χ1n) is 9.39. The molecule has 0 spiro atoms. The maximum atomic E-state index is 11.1. The van der Waals surface area contributed by atoms with E-state index < -0.39 is 7.60 Å². The zero-order chi connectivity index (χ0) is 20.9. The molecule has 29 heavy (non-hydrogen) atoms. The lowest BCUT2D eigenvalue weighted by molar-refractivity contribution is 0.373. The van der Waals surface area contributed by atoms with Gasteiger partial charge in [0.25, 0.3) is 0 Å². The predicted molar refractivity (Wildman–Crippen MR) is 120 cm³/mol. The van der Waals surface area contributed by atoms with Crippen LogP contribution in [-0.4, -0.2) is 20.5 Å². The van der Waals surface area contributed by atoms with E-state index in [2.05, 4.69) is 16.7 Å². The van der Waals surface area contributed by atoms with Crippen LogP contribution >= 0.6 is 7.60 Å². The van der Waals surface area contributed by atoms with E-state index >= 15 is 0 Å². The molecule has 4 aromatic rings. The lowest BCUT2D eigenvalue weighted by atomic mass is 10.0. The Balaban J connectivity index is 1.93. The average molecular weight is 409 g/mol. The normalized spacial score (nSPS) is 12.1. The van der Waals surface area contributed by atoms with Crippen LogP contribution in [0.1, 0.15) is 16.7 Å². The lowest BCUT2D eigenvalue weighted by Crippen LogP contribution is -1.97. The fourth-order valence-corrected chi connectivity index (χ4v) is 4.37. The number of anilines is 2. The summed E-state index contributed by atoms with van der Waals surface area (Å²) in [7, 11) is -4.01. The zero-order valence-electron chi connectivity index (χ0n) is 16.4. The summed E-state index contributed by atoms with van der Waals surface area (Å²) < 4.78 is 13.3. The van der Waals surface area contributed by atoms with Crippen molar-refractivity contribution in [1.29, 1.82) is 0 Å². The van der Waals surface area contributed by atoms with Crippen LogP contribution in [0.3, 0.4) is 0 Å². The third kappa shape index (κ3) is 3.40. The molecule has 0 bridgehead atoms. The van der Waals surface area contributed by atoms with E-state index in [1.807, 2.05) is 50.2 Å². The third-order valence-corrected chi connectivity index (χ3v) is 6.31. The van der Waals surface area contributed by atoms with Gasteiger partial charge in [0, 0.05) is 27.8 Å². The maximum absolute atomic E-state index is 11.1. The van der Waals surface area contributed by atoms with Crippen molar-refractivity contribution in [3.8, 4) is 5.69 Å². The predicted octanol–water partition coefficient (Wildman–Crippen LogP) is 4.29. The minimum Gasteiger partial charge on any atom is -0.398 e. The number of aryl methyl sites for hydroxylation is 3. The summed E-state index contributed by atoms with van der Waals surface area (Å²) in [5, 5.41) is 1.90. The molecule has 6 nitrogen and oxygen atoms in total. The summed E-state index contributed by atoms with van der Waals surface area (Å²) in [5.41, 5.74) is 20.1. The topological polar surface area (TPSA) is 114 Å². The Labute approximate surface area is 168 Å². The molecule has 6 N–H and O–H groups in total. The standard InChI is InChI=1S/C22H24N3O3P/c1-13-3-9-17-19(21(13)23)20-18(10-4-14(2)22(20)24)25(17)16-7-5-15(6-8-16)11-12-29(26,27)28/h3-10H,11-12,23-24H2,1-2H3,(H2,26,27,28). The van der Waals surface area contributed by atoms with Gasteiger partial charge >= 0.3 is 7.60 Å². The van der Waals surface area contributed by atoms with Gasteiger partial charge in [-0.1, -0.05) is 24.3 Å². The fraction of sp³-hybridized carbons (Fsp3) is 0.182. The quantitative estimate of drug-likeness (QED) is 0.297. The Morgan fingerprint density at radius 3 is 1.76 bits per heavy atom. The molecule has 0 radical (unpaired) electrons. The minimum absolute atomic E-state index is 0.159. The van der Waals surface area contributed by atoms with Gasteiger partial charge in [-0.15, -0.1) is 0 Å². The molecular formula is C22H24N3O3P. The van der Waals surface area contributed by atoms with Gasteiger partial charge in [-0.2, -0.15) is 0 Å². The number of fused-ring (bicyclic) bond motifs is 3. The highest BCUT2D eigenvalue weighted by Crippen LogP contribution is 2.40. The molecule has 0 aliphatic carbocycles. The second-order valence-electron chi connectivity index (χ2n) is 7.52. The van der Waals surface area contributed by atoms with Crippen molar-refractivity contribution in [2.24, 2.45) is 0 Å². The van der Waals surface area contributed by atoms with E-state index in [1.165, 1.54) is 0 Å². The molecule has 0 unspecified atom stereocenters. The van der Waals surface area contributed by atoms with Gasteiger partial charge in [-0.05, 0) is 61.2 Å². The molecule has 4 rings (SSSR count). The van der Waals surface area contributed by atoms with Crippen molar-refractivity contribution in [2.75, 3.05) is 17.6 Å². The summed E-state index contributed by atoms with van der Waals surface area (Å²) in [6, 6.07) is 15.8. The van der Waals surface area contributed by atoms with Crippen molar-refractivity contribution >= 4 is 40.8 Å². The molecule has 0 saturated heterocycles. The minimum atomic E-state index is -4.01. The van der Waals surface area contributed by atoms with Gasteiger partial charge in [0.2, 0.25) is 0 Å². The lowest BCUT2D eigenvalue weighted by Gasteiger charge is -2.10. The van der Waals surface area contributed by atoms with Crippen LogP contribution in [0.4, 0.5) is 11.4 Å². The Bertz CT molecular complexity index is 1220. The van der Waals surface area contributed by atoms with Crippen LogP contribution in [0, 0.1) is 13.8 Å². The van der Waals surface area contributed by atoms with Crippen LogP contribution in [0.15, 0.2) is 48.5 Å². The van der Waals surface area contributed by atoms with Gasteiger partial charge in [-0.3, -0.25) is 4.57 Å². The number of nitrogens with two attached hydrogens (primary N) is 2. The highest BCUT2D eigenvalue weighted by atomic mass is 31.2. The van der Waals surface area contributed by atoms with Gasteiger partial charge in [-0.25, -0.2) is 0 Å². The number of benzene rings is 3. The highest BCUT2D eigenvalue weighted by Gasteiger charge is 2.18. The molecule has 0 amide bonds. The molecule has 0 saturated carbocycles. The Hall–Kier alpha value is -2.79. The third-order valence-electron chi connectivity index (χ3n) is 5.50. The SMILES string of the molecule is Cc1ccc2c(c1N)c1c(N)c(C)ccc1n2-c1ccc(CCP(=O)(O)O)cc1. The van der Waals surface area contributed by atoms with Crippen molar-refractivity contribution in [2.45, 2.75) is 20.3 Å². The van der Waals surface area contributed by atoms with Gasteiger partial charge < -0.3 is 25.8 Å². The van der Waals surface area contributed by atoms with E-state index in [9.17, 15) is 4.57 Å². The van der Waals surface area contributed by atoms with Gasteiger partial charge in [0.05, 0.1) is 17.2 Å². The monoisotopic (exact) mass is 409 g/mol. The second-order valence-corrected chi connectivity index (χ2v) is 9.30. The van der Waals surface area contributed by atoms with Crippen LogP contribution in [0.25, 0.3) is 27.5 Å². The number of aromatic nitrogens is 1. The number of nitrogens with zero attached hydrogens (tertiary/aromatic N) is 1. The summed E-state index contributed by atoms with van der Waals surface area (Å²) in [5.74, 6) is 0. The van der Waals surface area contributed by atoms with E-state index in [0.717, 1.165) is 55.6 Å². The van der Waals surface area contributed by atoms with Crippen molar-refractivity contribution in [3.05, 3.63) is 65.2 Å². The van der Waals surface area contributed by atoms with Gasteiger partial charge in [0.1, 0.15) is 0 Å². The molecule has 0 aliphatic heterocycles. The van der Waals surface area contributed by atoms with Crippen LogP contribution < -0.4 is 11.5 Å². The summed E-state index contributed by atoms with van der Waals surface area (Å²) in [6.07, 6.45) is 0.170. The molecule has 7 heteroatoms. The van der Waals surface area contributed by atoms with Crippen molar-refractivity contribution in [3.63, 3.8) is 0 Å². The largest absolute Gasteiger partial charge is 0.398 e.